The lowest BCUT2D eigenvalue weighted by Crippen LogP contribution is -2.47. The second kappa shape index (κ2) is 15.7. The largest absolute Gasteiger partial charge is 0.400 e. The van der Waals surface area contributed by atoms with Crippen molar-refractivity contribution in [3.63, 3.8) is 0 Å². The fourth-order valence-corrected chi connectivity index (χ4v) is 5.73. The summed E-state index contributed by atoms with van der Waals surface area (Å²) in [5.74, 6) is 0. The van der Waals surface area contributed by atoms with Gasteiger partial charge in [-0.15, -0.1) is 0 Å². The third-order valence-corrected chi connectivity index (χ3v) is 8.15. The molecule has 4 rings (SSSR count). The van der Waals surface area contributed by atoms with Gasteiger partial charge in [-0.3, -0.25) is 0 Å². The number of aliphatic hydroxyl groups is 3. The van der Waals surface area contributed by atoms with Crippen LogP contribution >= 0.6 is 0 Å². The molecule has 3 aliphatic heterocycles. The highest BCUT2D eigenvalue weighted by atomic mass is 16.3. The van der Waals surface area contributed by atoms with Gasteiger partial charge in [0.05, 0.1) is 11.2 Å². The van der Waals surface area contributed by atoms with E-state index in [1.54, 1.807) is 0 Å². The smallest absolute Gasteiger partial charge is 0.0644 e. The first-order chi connectivity index (χ1) is 15.3. The van der Waals surface area contributed by atoms with Crippen molar-refractivity contribution in [1.29, 1.82) is 0 Å². The van der Waals surface area contributed by atoms with Crippen LogP contribution in [0.15, 0.2) is 0 Å². The Morgan fingerprint density at radius 3 is 1.45 bits per heavy atom. The van der Waals surface area contributed by atoms with Gasteiger partial charge in [-0.2, -0.15) is 0 Å². The van der Waals surface area contributed by atoms with Crippen LogP contribution in [0.5, 0.6) is 0 Å². The van der Waals surface area contributed by atoms with Gasteiger partial charge in [-0.1, -0.05) is 33.1 Å². The Morgan fingerprint density at radius 2 is 1.00 bits per heavy atom. The fourth-order valence-electron chi connectivity index (χ4n) is 5.73. The van der Waals surface area contributed by atoms with E-state index in [0.717, 1.165) is 77.6 Å². The van der Waals surface area contributed by atoms with E-state index in [0.29, 0.717) is 0 Å². The number of rotatable bonds is 2. The van der Waals surface area contributed by atoms with E-state index in [1.807, 2.05) is 13.8 Å². The minimum Gasteiger partial charge on any atom is -0.400 e. The van der Waals surface area contributed by atoms with E-state index in [1.165, 1.54) is 64.3 Å². The number of likely N-dealkylation sites (tertiary alicyclic amines) is 2. The Morgan fingerprint density at radius 1 is 0.606 bits per heavy atom. The summed E-state index contributed by atoms with van der Waals surface area (Å²) in [5, 5.41) is 30.3. The average Bonchev–Trinajstić information content (AvgIpc) is 3.21. The van der Waals surface area contributed by atoms with Gasteiger partial charge >= 0.3 is 0 Å². The van der Waals surface area contributed by atoms with Crippen LogP contribution in [-0.4, -0.2) is 94.8 Å². The molecule has 1 unspecified atom stereocenters. The summed E-state index contributed by atoms with van der Waals surface area (Å²) in [4.78, 5) is 5.22. The Labute approximate surface area is 205 Å². The average molecular weight is 472 g/mol. The second-order valence-electron chi connectivity index (χ2n) is 11.0. The molecule has 0 aromatic carbocycles. The molecule has 6 nitrogen and oxygen atoms in total. The SMILES string of the molecule is C.CC1(O)CCN(C2CCCCCC2)CC1.CC1(O)CCN(C2CCCNCC2)CC1.CO. The molecule has 1 aliphatic carbocycles. The number of nitrogens with one attached hydrogen (secondary N) is 1. The monoisotopic (exact) mass is 471 g/mol. The Balaban J connectivity index is 0.000000299. The lowest BCUT2D eigenvalue weighted by Gasteiger charge is -2.40. The number of hydrogen-bond donors (Lipinski definition) is 4. The van der Waals surface area contributed by atoms with Crippen molar-refractivity contribution < 1.29 is 15.3 Å². The molecule has 3 heterocycles. The molecule has 3 saturated heterocycles. The molecular formula is C27H57N3O3. The molecule has 1 atom stereocenters. The maximum atomic E-state index is 9.92. The van der Waals surface area contributed by atoms with Gasteiger partial charge in [0.2, 0.25) is 0 Å². The highest BCUT2D eigenvalue weighted by Crippen LogP contribution is 2.28. The van der Waals surface area contributed by atoms with Gasteiger partial charge in [0, 0.05) is 45.4 Å². The first kappa shape index (κ1) is 30.8. The molecule has 1 saturated carbocycles. The minimum atomic E-state index is -0.403. The molecule has 0 aromatic heterocycles. The van der Waals surface area contributed by atoms with E-state index in [2.05, 4.69) is 15.1 Å². The number of nitrogens with zero attached hydrogens (tertiary/aromatic N) is 2. The predicted octanol–water partition coefficient (Wildman–Crippen LogP) is 3.78. The van der Waals surface area contributed by atoms with Crippen molar-refractivity contribution in [1.82, 2.24) is 15.1 Å². The molecule has 33 heavy (non-hydrogen) atoms. The Bertz CT molecular complexity index is 421. The molecule has 0 radical (unpaired) electrons. The summed E-state index contributed by atoms with van der Waals surface area (Å²) in [6.07, 6.45) is 16.2. The van der Waals surface area contributed by atoms with Gasteiger partial charge in [-0.25, -0.2) is 0 Å². The zero-order valence-corrected chi connectivity index (χ0v) is 21.3. The Hall–Kier alpha value is -0.240. The molecule has 6 heteroatoms. The van der Waals surface area contributed by atoms with E-state index in [4.69, 9.17) is 5.11 Å². The summed E-state index contributed by atoms with van der Waals surface area (Å²) >= 11 is 0. The third kappa shape index (κ3) is 11.4. The van der Waals surface area contributed by atoms with E-state index in [9.17, 15) is 10.2 Å². The molecule has 4 aliphatic rings. The molecular weight excluding hydrogens is 414 g/mol. The topological polar surface area (TPSA) is 79.2 Å². The molecule has 0 amide bonds. The molecule has 0 aromatic rings. The van der Waals surface area contributed by atoms with Gasteiger partial charge in [0.25, 0.3) is 0 Å². The lowest BCUT2D eigenvalue weighted by atomic mass is 9.92. The minimum absolute atomic E-state index is 0. The van der Waals surface area contributed by atoms with Crippen LogP contribution in [-0.2, 0) is 0 Å². The van der Waals surface area contributed by atoms with Crippen molar-refractivity contribution >= 4 is 0 Å². The van der Waals surface area contributed by atoms with E-state index >= 15 is 0 Å². The number of aliphatic hydroxyl groups excluding tert-OH is 1. The van der Waals surface area contributed by atoms with Gasteiger partial charge in [0.1, 0.15) is 0 Å². The van der Waals surface area contributed by atoms with Crippen LogP contribution in [0.25, 0.3) is 0 Å². The summed E-state index contributed by atoms with van der Waals surface area (Å²) in [7, 11) is 1.00. The van der Waals surface area contributed by atoms with E-state index in [-0.39, 0.29) is 13.0 Å². The molecule has 4 fully saturated rings. The van der Waals surface area contributed by atoms with Crippen LogP contribution in [0.1, 0.15) is 105 Å². The highest BCUT2D eigenvalue weighted by Gasteiger charge is 2.31. The van der Waals surface area contributed by atoms with Crippen LogP contribution < -0.4 is 5.32 Å². The van der Waals surface area contributed by atoms with Gasteiger partial charge < -0.3 is 30.4 Å². The quantitative estimate of drug-likeness (QED) is 0.459. The number of piperidine rings is 2. The first-order valence-corrected chi connectivity index (χ1v) is 13.4. The fraction of sp³-hybridized carbons (Fsp3) is 1.00. The van der Waals surface area contributed by atoms with E-state index < -0.39 is 5.60 Å². The maximum Gasteiger partial charge on any atom is 0.0644 e. The van der Waals surface area contributed by atoms with Crippen LogP contribution in [0.2, 0.25) is 0 Å². The summed E-state index contributed by atoms with van der Waals surface area (Å²) in [5.41, 5.74) is -0.791. The summed E-state index contributed by atoms with van der Waals surface area (Å²) in [6.45, 7) is 10.7. The van der Waals surface area contributed by atoms with Crippen LogP contribution in [0.4, 0.5) is 0 Å². The second-order valence-corrected chi connectivity index (χ2v) is 11.0. The summed E-state index contributed by atoms with van der Waals surface area (Å²) in [6, 6.07) is 1.58. The zero-order valence-electron chi connectivity index (χ0n) is 21.3. The highest BCUT2D eigenvalue weighted by molar-refractivity contribution is 4.87. The molecule has 4 N–H and O–H groups in total. The van der Waals surface area contributed by atoms with Crippen LogP contribution in [0, 0.1) is 0 Å². The summed E-state index contributed by atoms with van der Waals surface area (Å²) < 4.78 is 0. The molecule has 0 spiro atoms. The normalized spacial score (nSPS) is 29.1. The van der Waals surface area contributed by atoms with Crippen molar-refractivity contribution in [2.75, 3.05) is 46.4 Å². The zero-order chi connectivity index (χ0) is 23.5. The standard InChI is InChI=1S/C13H25NO.C12H24N2O.CH4O.CH4/c1-13(15)8-10-14(11-9-13)12-6-4-2-3-5-7-12;1-12(15)5-9-14(10-6-12)11-3-2-7-13-8-4-11;1-2;/h12,15H,2-11H2,1H3;11,13,15H,2-10H2,1H3;2H,1H3;1H4. The Kier molecular flexibility index (Phi) is 14.6. The number of hydrogen-bond acceptors (Lipinski definition) is 6. The predicted molar refractivity (Wildman–Crippen MR) is 140 cm³/mol. The third-order valence-electron chi connectivity index (χ3n) is 8.15. The van der Waals surface area contributed by atoms with Crippen molar-refractivity contribution in [2.24, 2.45) is 0 Å². The molecule has 0 bridgehead atoms. The maximum absolute atomic E-state index is 9.92. The van der Waals surface area contributed by atoms with Gasteiger partial charge in [0.15, 0.2) is 0 Å². The molecule has 198 valence electrons. The van der Waals surface area contributed by atoms with Crippen molar-refractivity contribution in [3.8, 4) is 0 Å². The first-order valence-electron chi connectivity index (χ1n) is 13.4. The van der Waals surface area contributed by atoms with Gasteiger partial charge in [-0.05, 0) is 84.7 Å². The van der Waals surface area contributed by atoms with Crippen molar-refractivity contribution in [3.05, 3.63) is 0 Å². The van der Waals surface area contributed by atoms with Crippen molar-refractivity contribution in [2.45, 2.75) is 128 Å². The van der Waals surface area contributed by atoms with Crippen LogP contribution in [0.3, 0.4) is 0 Å². The lowest BCUT2D eigenvalue weighted by molar-refractivity contribution is -0.0185.